The molecule has 0 aliphatic rings. The Kier molecular flexibility index (Phi) is 10.6. The molecule has 5 heteroatoms. The minimum Gasteiger partial charge on any atom is 1.00 e. The second kappa shape index (κ2) is 7.87. The zero-order chi connectivity index (χ0) is 8.15. The van der Waals surface area contributed by atoms with E-state index < -0.39 is 15.7 Å². The average Bonchev–Trinajstić information content (AvgIpc) is 1.82. The molecule has 0 saturated carbocycles. The summed E-state index contributed by atoms with van der Waals surface area (Å²) in [6, 6.07) is 0. The first-order valence-corrected chi connectivity index (χ1v) is 3.65. The fourth-order valence-electron chi connectivity index (χ4n) is 0.196. The van der Waals surface area contributed by atoms with E-state index in [9.17, 15) is 9.18 Å². The van der Waals surface area contributed by atoms with Crippen molar-refractivity contribution >= 4 is 10.1 Å². The third-order valence-corrected chi connectivity index (χ3v) is 1.01. The van der Waals surface area contributed by atoms with E-state index in [1.54, 1.807) is 0 Å². The van der Waals surface area contributed by atoms with Gasteiger partial charge in [0, 0.05) is 0 Å². The molecular formula is C6H3FO2RbW-. The quantitative estimate of drug-likeness (QED) is 0.324. The Hall–Kier alpha value is 1.24. The van der Waals surface area contributed by atoms with Crippen molar-refractivity contribution in [3.63, 3.8) is 0 Å². The summed E-state index contributed by atoms with van der Waals surface area (Å²) in [5, 5.41) is 8.14. The molecule has 0 aromatic rings. The molecule has 0 atom stereocenters. The van der Waals surface area contributed by atoms with Gasteiger partial charge < -0.3 is 0 Å². The summed E-state index contributed by atoms with van der Waals surface area (Å²) in [7, 11) is 0. The maximum absolute atomic E-state index is 11.9. The van der Waals surface area contributed by atoms with Gasteiger partial charge in [-0.05, 0) is 0 Å². The largest absolute Gasteiger partial charge is 1.00 e. The van der Waals surface area contributed by atoms with Crippen LogP contribution in [0.3, 0.4) is 0 Å². The molecule has 0 fully saturated rings. The Morgan fingerprint density at radius 1 is 1.73 bits per heavy atom. The van der Waals surface area contributed by atoms with Crippen molar-refractivity contribution in [3.8, 4) is 0 Å². The maximum Gasteiger partial charge on any atom is 1.00 e. The second-order valence-electron chi connectivity index (χ2n) is 1.32. The van der Waals surface area contributed by atoms with Crippen LogP contribution in [0.25, 0.3) is 0 Å². The SMILES string of the molecule is [CH-]=C(C=[C-][C](F)=[W])C(=O)O.[Rb+]. The summed E-state index contributed by atoms with van der Waals surface area (Å²) in [4.78, 5) is 9.95. The van der Waals surface area contributed by atoms with Gasteiger partial charge in [-0.3, -0.25) is 0 Å². The molecule has 2 nitrogen and oxygen atoms in total. The van der Waals surface area contributed by atoms with Gasteiger partial charge in [-0.1, -0.05) is 0 Å². The molecule has 0 aliphatic carbocycles. The molecule has 0 rings (SSSR count). The van der Waals surface area contributed by atoms with Gasteiger partial charge >= 0.3 is 126 Å². The molecule has 1 N–H and O–H groups in total. The van der Waals surface area contributed by atoms with E-state index in [-0.39, 0.29) is 58.2 Å². The molecule has 0 aliphatic heterocycles. The second-order valence-corrected chi connectivity index (χ2v) is 2.61. The van der Waals surface area contributed by atoms with E-state index in [1.165, 1.54) is 0 Å². The molecule has 0 spiro atoms. The summed E-state index contributed by atoms with van der Waals surface area (Å²) >= 11 is 0.587. The standard InChI is InChI=1S/C6H3FO2.Rb.W/c1-5(6(8)9)3-2-4-7;;/h1,3H,(H,8,9);;/q-2;+1;. The van der Waals surface area contributed by atoms with E-state index >= 15 is 0 Å². The van der Waals surface area contributed by atoms with Gasteiger partial charge in [0.2, 0.25) is 0 Å². The molecule has 0 aromatic heterocycles. The van der Waals surface area contributed by atoms with E-state index in [2.05, 4.69) is 0 Å². The summed E-state index contributed by atoms with van der Waals surface area (Å²) in [6.45, 7) is 4.89. The Bertz CT molecular complexity index is 213. The van der Waals surface area contributed by atoms with Crippen molar-refractivity contribution in [1.29, 1.82) is 0 Å². The van der Waals surface area contributed by atoms with Gasteiger partial charge in [0.15, 0.2) is 0 Å². The van der Waals surface area contributed by atoms with Crippen LogP contribution in [-0.4, -0.2) is 15.2 Å². The van der Waals surface area contributed by atoms with Gasteiger partial charge in [-0.15, -0.1) is 0 Å². The van der Waals surface area contributed by atoms with Gasteiger partial charge in [0.25, 0.3) is 0 Å². The normalized spacial score (nSPS) is 8.82. The van der Waals surface area contributed by atoms with Crippen LogP contribution in [0.15, 0.2) is 11.6 Å². The predicted octanol–water partition coefficient (Wildman–Crippen LogP) is -2.56. The minimum atomic E-state index is -1.27. The third kappa shape index (κ3) is 9.16. The molecule has 0 heterocycles. The summed E-state index contributed by atoms with van der Waals surface area (Å²) in [5.74, 6) is -1.27. The van der Waals surface area contributed by atoms with Crippen LogP contribution in [0.5, 0.6) is 0 Å². The number of allylic oxidation sites excluding steroid dienone is 1. The zero-order valence-electron chi connectivity index (χ0n) is 5.80. The molecule has 0 aromatic carbocycles. The Morgan fingerprint density at radius 3 is 2.45 bits per heavy atom. The van der Waals surface area contributed by atoms with E-state index in [1.807, 2.05) is 6.08 Å². The molecule has 11 heavy (non-hydrogen) atoms. The molecule has 0 unspecified atom stereocenters. The van der Waals surface area contributed by atoms with Gasteiger partial charge in [0.05, 0.1) is 0 Å². The maximum atomic E-state index is 11.9. The minimum absolute atomic E-state index is 0. The zero-order valence-corrected chi connectivity index (χ0v) is 13.6. The molecule has 0 amide bonds. The average molecular weight is 395 g/mol. The first kappa shape index (κ1) is 14.8. The van der Waals surface area contributed by atoms with Gasteiger partial charge in [0.1, 0.15) is 0 Å². The van der Waals surface area contributed by atoms with Crippen LogP contribution >= 0.6 is 0 Å². The van der Waals surface area contributed by atoms with Crippen molar-refractivity contribution < 1.29 is 91.8 Å². The van der Waals surface area contributed by atoms with Crippen LogP contribution in [0.2, 0.25) is 0 Å². The fraction of sp³-hybridized carbons (Fsp3) is 0. The van der Waals surface area contributed by atoms with Gasteiger partial charge in [-0.25, -0.2) is 0 Å². The topological polar surface area (TPSA) is 37.3 Å². The number of rotatable bonds is 3. The molecule has 54 valence electrons. The number of hydrogen-bond donors (Lipinski definition) is 1. The fourth-order valence-corrected chi connectivity index (χ4v) is 0.408. The first-order chi connectivity index (χ1) is 4.54. The van der Waals surface area contributed by atoms with Crippen molar-refractivity contribution in [2.24, 2.45) is 0 Å². The number of carbonyl (C=O) groups is 1. The Morgan fingerprint density at radius 2 is 2.18 bits per heavy atom. The van der Waals surface area contributed by atoms with E-state index in [0.717, 1.165) is 6.08 Å². The van der Waals surface area contributed by atoms with E-state index in [4.69, 9.17) is 11.7 Å². The van der Waals surface area contributed by atoms with E-state index in [0.29, 0.717) is 19.4 Å². The number of carboxylic acids is 1. The van der Waals surface area contributed by atoms with Crippen molar-refractivity contribution in [2.45, 2.75) is 0 Å². The van der Waals surface area contributed by atoms with Crippen molar-refractivity contribution in [3.05, 3.63) is 24.3 Å². The number of halogens is 1. The number of carboxylic acid groups (broad SMARTS) is 1. The van der Waals surface area contributed by atoms with Gasteiger partial charge in [-0.2, -0.15) is 0 Å². The van der Waals surface area contributed by atoms with Crippen LogP contribution in [0.4, 0.5) is 4.39 Å². The number of aliphatic carboxylic acids is 1. The first-order valence-electron chi connectivity index (χ1n) is 2.19. The predicted molar refractivity (Wildman–Crippen MR) is 29.4 cm³/mol. The molecule has 0 bridgehead atoms. The summed E-state index contributed by atoms with van der Waals surface area (Å²) in [6.07, 6.45) is 2.94. The van der Waals surface area contributed by atoms with Crippen LogP contribution in [0, 0.1) is 12.7 Å². The molecule has 0 saturated heterocycles. The smallest absolute Gasteiger partial charge is 1.00 e. The van der Waals surface area contributed by atoms with Crippen LogP contribution in [0.1, 0.15) is 0 Å². The Labute approximate surface area is 124 Å². The van der Waals surface area contributed by atoms with Crippen LogP contribution in [-0.2, 0) is 24.1 Å². The van der Waals surface area contributed by atoms with Crippen LogP contribution < -0.4 is 58.2 Å². The van der Waals surface area contributed by atoms with Crippen molar-refractivity contribution in [2.75, 3.05) is 0 Å². The third-order valence-electron chi connectivity index (χ3n) is 0.588. The summed E-state index contributed by atoms with van der Waals surface area (Å²) in [5.41, 5.74) is -0.420. The monoisotopic (exact) mass is 395 g/mol. The Balaban J connectivity index is 0. The molecule has 0 radical (unpaired) electrons. The van der Waals surface area contributed by atoms with Crippen molar-refractivity contribution in [1.82, 2.24) is 0 Å². The molecular weight excluding hydrogens is 392 g/mol. The number of hydrogen-bond acceptors (Lipinski definition) is 1. The summed E-state index contributed by atoms with van der Waals surface area (Å²) < 4.78 is 11.4.